The maximum atomic E-state index is 13.7. The van der Waals surface area contributed by atoms with Gasteiger partial charge in [-0.3, -0.25) is 14.9 Å². The van der Waals surface area contributed by atoms with Gasteiger partial charge in [-0.15, -0.1) is 0 Å². The third-order valence-electron chi connectivity index (χ3n) is 5.03. The number of hydrogen-bond donors (Lipinski definition) is 0. The fourth-order valence-electron chi connectivity index (χ4n) is 3.34. The Morgan fingerprint density at radius 1 is 1.12 bits per heavy atom. The van der Waals surface area contributed by atoms with E-state index in [0.29, 0.717) is 11.6 Å². The summed E-state index contributed by atoms with van der Waals surface area (Å²) < 4.78 is 57.2. The van der Waals surface area contributed by atoms with Gasteiger partial charge in [0.1, 0.15) is 5.69 Å². The fourth-order valence-corrected chi connectivity index (χ4v) is 3.34. The molecule has 0 unspecified atom stereocenters. The minimum Gasteiger partial charge on any atom is -0.494 e. The highest BCUT2D eigenvalue weighted by Crippen LogP contribution is 2.36. The molecule has 1 aliphatic rings. The monoisotopic (exact) mass is 453 g/mol. The van der Waals surface area contributed by atoms with E-state index in [9.17, 15) is 32.5 Å². The number of hydrogen-bond acceptors (Lipinski definition) is 5. The molecule has 0 spiro atoms. The Kier molecular flexibility index (Phi) is 6.66. The zero-order valence-electron chi connectivity index (χ0n) is 16.9. The largest absolute Gasteiger partial charge is 0.494 e. The van der Waals surface area contributed by atoms with Crippen molar-refractivity contribution in [2.24, 2.45) is 0 Å². The summed E-state index contributed by atoms with van der Waals surface area (Å²) >= 11 is 0. The first-order chi connectivity index (χ1) is 15.1. The Morgan fingerprint density at radius 2 is 1.81 bits per heavy atom. The summed E-state index contributed by atoms with van der Waals surface area (Å²) in [6, 6.07) is 6.66. The molecule has 1 amide bonds. The second kappa shape index (κ2) is 9.25. The summed E-state index contributed by atoms with van der Waals surface area (Å²) in [6.45, 7) is 0.864. The Bertz CT molecular complexity index is 1050. The van der Waals surface area contributed by atoms with Crippen molar-refractivity contribution in [1.82, 2.24) is 4.90 Å². The maximum absolute atomic E-state index is 13.7. The zero-order chi connectivity index (χ0) is 23.5. The van der Waals surface area contributed by atoms with Crippen molar-refractivity contribution in [3.8, 4) is 5.75 Å². The summed E-state index contributed by atoms with van der Waals surface area (Å²) in [4.78, 5) is 26.0. The zero-order valence-corrected chi connectivity index (χ0v) is 16.9. The first kappa shape index (κ1) is 23.0. The van der Waals surface area contributed by atoms with Crippen molar-refractivity contribution < 1.29 is 32.0 Å². The van der Waals surface area contributed by atoms with Gasteiger partial charge < -0.3 is 14.5 Å². The van der Waals surface area contributed by atoms with Gasteiger partial charge in [0.05, 0.1) is 17.6 Å². The predicted octanol–water partition coefficient (Wildman–Crippen LogP) is 4.12. The number of alkyl halides is 3. The van der Waals surface area contributed by atoms with Crippen LogP contribution < -0.4 is 9.64 Å². The van der Waals surface area contributed by atoms with E-state index in [2.05, 4.69) is 0 Å². The highest BCUT2D eigenvalue weighted by Gasteiger charge is 2.34. The van der Waals surface area contributed by atoms with Crippen molar-refractivity contribution in [3.63, 3.8) is 0 Å². The van der Waals surface area contributed by atoms with Gasteiger partial charge in [-0.2, -0.15) is 13.2 Å². The van der Waals surface area contributed by atoms with E-state index < -0.39 is 28.2 Å². The molecule has 3 rings (SSSR count). The number of nitro groups is 1. The molecule has 170 valence electrons. The average Bonchev–Trinajstić information content (AvgIpc) is 2.76. The van der Waals surface area contributed by atoms with Crippen LogP contribution in [0.25, 0.3) is 6.08 Å². The molecular formula is C21H19F4N3O4. The molecule has 0 aromatic heterocycles. The number of methoxy groups -OCH3 is 1. The minimum absolute atomic E-state index is 0.0688. The van der Waals surface area contributed by atoms with Crippen molar-refractivity contribution in [1.29, 1.82) is 0 Å². The van der Waals surface area contributed by atoms with Gasteiger partial charge in [0, 0.05) is 38.3 Å². The molecule has 1 fully saturated rings. The molecule has 0 bridgehead atoms. The first-order valence-electron chi connectivity index (χ1n) is 9.51. The van der Waals surface area contributed by atoms with Crippen LogP contribution in [-0.4, -0.2) is 49.0 Å². The van der Waals surface area contributed by atoms with Crippen LogP contribution in [0, 0.1) is 15.9 Å². The Morgan fingerprint density at radius 3 is 2.38 bits per heavy atom. The van der Waals surface area contributed by atoms with E-state index in [1.54, 1.807) is 11.0 Å². The number of carbonyl (C=O) groups excluding carboxylic acids is 1. The van der Waals surface area contributed by atoms with Crippen LogP contribution in [0.3, 0.4) is 0 Å². The molecule has 1 aliphatic heterocycles. The van der Waals surface area contributed by atoms with E-state index in [1.807, 2.05) is 0 Å². The molecule has 0 radical (unpaired) electrons. The molecule has 2 aromatic carbocycles. The van der Waals surface area contributed by atoms with E-state index in [0.717, 1.165) is 12.1 Å². The third kappa shape index (κ3) is 5.16. The lowest BCUT2D eigenvalue weighted by atomic mass is 10.1. The topological polar surface area (TPSA) is 75.9 Å². The van der Waals surface area contributed by atoms with Crippen molar-refractivity contribution in [2.45, 2.75) is 6.18 Å². The number of nitrogens with zero attached hydrogens (tertiary/aromatic N) is 3. The molecule has 0 N–H and O–H groups in total. The lowest BCUT2D eigenvalue weighted by Gasteiger charge is -2.35. The number of nitro benzene ring substituents is 1. The van der Waals surface area contributed by atoms with Gasteiger partial charge in [-0.1, -0.05) is 6.07 Å². The summed E-state index contributed by atoms with van der Waals surface area (Å²) in [6.07, 6.45) is -1.94. The van der Waals surface area contributed by atoms with Gasteiger partial charge in [-0.05, 0) is 35.9 Å². The van der Waals surface area contributed by atoms with Gasteiger partial charge in [0.25, 0.3) is 5.69 Å². The second-order valence-electron chi connectivity index (χ2n) is 7.00. The molecule has 1 heterocycles. The molecular weight excluding hydrogens is 434 g/mol. The van der Waals surface area contributed by atoms with Gasteiger partial charge >= 0.3 is 6.18 Å². The molecule has 0 aliphatic carbocycles. The van der Waals surface area contributed by atoms with Crippen LogP contribution >= 0.6 is 0 Å². The van der Waals surface area contributed by atoms with Crippen LogP contribution in [0.1, 0.15) is 11.1 Å². The van der Waals surface area contributed by atoms with E-state index in [1.165, 1.54) is 36.3 Å². The highest BCUT2D eigenvalue weighted by atomic mass is 19.4. The first-order valence-corrected chi connectivity index (χ1v) is 9.51. The van der Waals surface area contributed by atoms with Crippen LogP contribution in [-0.2, 0) is 11.0 Å². The fraction of sp³-hybridized carbons (Fsp3) is 0.286. The Balaban J connectivity index is 1.66. The van der Waals surface area contributed by atoms with Gasteiger partial charge in [0.15, 0.2) is 11.6 Å². The molecule has 7 nitrogen and oxygen atoms in total. The van der Waals surface area contributed by atoms with Crippen molar-refractivity contribution in [3.05, 3.63) is 69.5 Å². The molecule has 1 saturated heterocycles. The van der Waals surface area contributed by atoms with Crippen LogP contribution in [0.2, 0.25) is 0 Å². The van der Waals surface area contributed by atoms with Crippen molar-refractivity contribution in [2.75, 3.05) is 38.2 Å². The molecule has 0 atom stereocenters. The van der Waals surface area contributed by atoms with Crippen LogP contribution in [0.4, 0.5) is 28.9 Å². The van der Waals surface area contributed by atoms with Crippen LogP contribution in [0.15, 0.2) is 42.5 Å². The number of ether oxygens (including phenoxy) is 1. The average molecular weight is 453 g/mol. The quantitative estimate of drug-likeness (QED) is 0.295. The Hall–Kier alpha value is -3.63. The third-order valence-corrected chi connectivity index (χ3v) is 5.03. The minimum atomic E-state index is -4.69. The maximum Gasteiger partial charge on any atom is 0.416 e. The highest BCUT2D eigenvalue weighted by molar-refractivity contribution is 5.92. The molecule has 0 saturated carbocycles. The van der Waals surface area contributed by atoms with Crippen LogP contribution in [0.5, 0.6) is 5.75 Å². The van der Waals surface area contributed by atoms with Gasteiger partial charge in [-0.25, -0.2) is 4.39 Å². The summed E-state index contributed by atoms with van der Waals surface area (Å²) in [7, 11) is 1.34. The lowest BCUT2D eigenvalue weighted by Crippen LogP contribution is -2.48. The number of piperazine rings is 1. The number of rotatable bonds is 5. The second-order valence-corrected chi connectivity index (χ2v) is 7.00. The smallest absolute Gasteiger partial charge is 0.416 e. The number of halogens is 4. The summed E-state index contributed by atoms with van der Waals surface area (Å²) in [5, 5.41) is 11.3. The number of carbonyl (C=O) groups is 1. The summed E-state index contributed by atoms with van der Waals surface area (Å²) in [5.74, 6) is -0.807. The van der Waals surface area contributed by atoms with E-state index >= 15 is 0 Å². The SMILES string of the molecule is COc1ccc(/C=C/C(=O)N2CCN(c3ccc(C(F)(F)F)cc3[N+](=O)[O-])CC2)cc1F. The number of amides is 1. The summed E-state index contributed by atoms with van der Waals surface area (Å²) in [5.41, 5.74) is -1.20. The predicted molar refractivity (Wildman–Crippen MR) is 109 cm³/mol. The Labute approximate surface area is 180 Å². The van der Waals surface area contributed by atoms with E-state index in [-0.39, 0.29) is 43.5 Å². The van der Waals surface area contributed by atoms with Gasteiger partial charge in [0.2, 0.25) is 5.91 Å². The molecule has 2 aromatic rings. The number of anilines is 1. The normalized spacial score (nSPS) is 14.7. The van der Waals surface area contributed by atoms with Crippen molar-refractivity contribution >= 4 is 23.4 Å². The molecule has 32 heavy (non-hydrogen) atoms. The molecule has 11 heteroatoms. The standard InChI is InChI=1S/C21H19F4N3O4/c1-32-19-6-2-14(12-16(19)22)3-7-20(29)27-10-8-26(9-11-27)17-5-4-15(21(23,24)25)13-18(17)28(30)31/h2-7,12-13H,8-11H2,1H3/b7-3+. The number of benzene rings is 2. The van der Waals surface area contributed by atoms with E-state index in [4.69, 9.17) is 4.74 Å². The lowest BCUT2D eigenvalue weighted by molar-refractivity contribution is -0.384.